The second kappa shape index (κ2) is 20.8. The Kier molecular flexibility index (Phi) is 14.4. The highest BCUT2D eigenvalue weighted by Crippen LogP contribution is 2.68. The standard InChI is InChI=1S/C63H50N4O8P2.CH4/c1-61(2,45-23-27-53(70-37-64)41(33-45)31-43-35-47(25-29-55(43)72-39-66)62(3,4)76(68)59-21-13-9-17-51(59)49-15-7-11-19-57(49)74-76)46-24-28-54(71-38-65)42(34-46)32-44-36-48(26-30-56(44)73-40-67)63(5,6)77(69)60-22-14-10-18-52(60)50-16-8-12-20-58(50)75-77;/h7-30,33-36H,31-32H2,1-6H3;1H4. The van der Waals surface area contributed by atoms with Crippen molar-refractivity contribution in [1.82, 2.24) is 0 Å². The molecule has 0 amide bonds. The van der Waals surface area contributed by atoms with E-state index >= 15 is 9.13 Å². The highest BCUT2D eigenvalue weighted by molar-refractivity contribution is 7.69. The minimum atomic E-state index is -3.70. The monoisotopic (exact) mass is 1070 g/mol. The van der Waals surface area contributed by atoms with Gasteiger partial charge >= 0.3 is 0 Å². The van der Waals surface area contributed by atoms with Crippen LogP contribution in [0.5, 0.6) is 34.5 Å². The summed E-state index contributed by atoms with van der Waals surface area (Å²) in [6.45, 7) is 11.6. The van der Waals surface area contributed by atoms with E-state index in [9.17, 15) is 21.0 Å². The normalized spacial score (nSPS) is 15.9. The van der Waals surface area contributed by atoms with Gasteiger partial charge in [0.25, 0.3) is 39.8 Å². The van der Waals surface area contributed by atoms with Gasteiger partial charge in [0.1, 0.15) is 34.5 Å². The van der Waals surface area contributed by atoms with Gasteiger partial charge in [-0.15, -0.1) is 21.0 Å². The molecule has 8 aromatic rings. The van der Waals surface area contributed by atoms with Gasteiger partial charge in [-0.3, -0.25) is 9.13 Å². The Bertz CT molecular complexity index is 3720. The minimum absolute atomic E-state index is 0. The van der Waals surface area contributed by atoms with Crippen LogP contribution in [0.3, 0.4) is 0 Å². The number of hydrogen-bond acceptors (Lipinski definition) is 12. The Hall–Kier alpha value is -9.02. The van der Waals surface area contributed by atoms with E-state index < -0.39 is 30.5 Å². The topological polar surface area (TPSA) is 185 Å². The molecule has 0 spiro atoms. The van der Waals surface area contributed by atoms with Crippen LogP contribution in [-0.2, 0) is 37.7 Å². The molecule has 0 aromatic heterocycles. The van der Waals surface area contributed by atoms with Gasteiger partial charge in [-0.25, -0.2) is 0 Å². The lowest BCUT2D eigenvalue weighted by molar-refractivity contribution is 0.454. The molecule has 2 aliphatic rings. The van der Waals surface area contributed by atoms with E-state index in [0.717, 1.165) is 33.4 Å². The number of hydrogen-bond donors (Lipinski definition) is 0. The highest BCUT2D eigenvalue weighted by Gasteiger charge is 2.51. The van der Waals surface area contributed by atoms with Gasteiger partial charge < -0.3 is 28.0 Å². The Morgan fingerprint density at radius 1 is 0.397 bits per heavy atom. The lowest BCUT2D eigenvalue weighted by Crippen LogP contribution is -2.31. The molecular weight excluding hydrogens is 1010 g/mol. The van der Waals surface area contributed by atoms with Crippen molar-refractivity contribution in [3.05, 3.63) is 214 Å². The number of para-hydroxylation sites is 2. The summed E-state index contributed by atoms with van der Waals surface area (Å²) in [4.78, 5) is 0. The molecule has 8 aromatic carbocycles. The van der Waals surface area contributed by atoms with Crippen LogP contribution in [0.15, 0.2) is 170 Å². The number of rotatable bonds is 14. The van der Waals surface area contributed by atoms with E-state index in [0.29, 0.717) is 55.5 Å². The molecule has 14 heteroatoms. The smallest absolute Gasteiger partial charge is 0.292 e. The number of benzene rings is 8. The third-order valence-corrected chi connectivity index (χ3v) is 21.6. The fourth-order valence-electron chi connectivity index (χ4n) is 10.6. The lowest BCUT2D eigenvalue weighted by Gasteiger charge is -2.39. The average Bonchev–Trinajstić information content (AvgIpc) is 3.54. The van der Waals surface area contributed by atoms with E-state index in [1.807, 2.05) is 188 Å². The maximum atomic E-state index is 15.6. The number of nitrogens with zero attached hydrogens (tertiary/aromatic N) is 4. The summed E-state index contributed by atoms with van der Waals surface area (Å²) in [6, 6.07) is 52.0. The largest absolute Gasteiger partial charge is 0.439 e. The molecule has 0 radical (unpaired) electrons. The summed E-state index contributed by atoms with van der Waals surface area (Å²) in [5, 5.41) is 38.4. The Labute approximate surface area is 455 Å². The molecule has 2 heterocycles. The molecule has 0 fully saturated rings. The van der Waals surface area contributed by atoms with Gasteiger partial charge in [0, 0.05) is 51.6 Å². The molecule has 0 bridgehead atoms. The van der Waals surface area contributed by atoms with E-state index in [4.69, 9.17) is 28.0 Å². The molecule has 0 aliphatic carbocycles. The van der Waals surface area contributed by atoms with Crippen molar-refractivity contribution in [3.8, 4) is 81.8 Å². The van der Waals surface area contributed by atoms with Crippen LogP contribution >= 0.6 is 14.7 Å². The highest BCUT2D eigenvalue weighted by atomic mass is 31.2. The van der Waals surface area contributed by atoms with Crippen LogP contribution < -0.4 is 38.6 Å². The number of ether oxygens (including phenoxy) is 4. The van der Waals surface area contributed by atoms with Crippen LogP contribution in [0, 0.1) is 46.1 Å². The van der Waals surface area contributed by atoms with E-state index in [-0.39, 0.29) is 43.3 Å². The summed E-state index contributed by atoms with van der Waals surface area (Å²) in [7, 11) is -7.39. The third kappa shape index (κ3) is 9.10. The predicted octanol–water partition coefficient (Wildman–Crippen LogP) is 15.1. The first-order valence-corrected chi connectivity index (χ1v) is 28.0. The molecule has 12 nitrogen and oxygen atoms in total. The summed E-state index contributed by atoms with van der Waals surface area (Å²) >= 11 is 0. The lowest BCUT2D eigenvalue weighted by atomic mass is 9.76. The molecule has 0 saturated heterocycles. The van der Waals surface area contributed by atoms with Crippen LogP contribution in [0.25, 0.3) is 22.3 Å². The maximum Gasteiger partial charge on any atom is 0.292 e. The number of fused-ring (bicyclic) bond motifs is 6. The quantitative estimate of drug-likeness (QED) is 0.0742. The molecule has 0 saturated carbocycles. The number of nitriles is 4. The van der Waals surface area contributed by atoms with Crippen molar-refractivity contribution >= 4 is 25.3 Å². The molecule has 388 valence electrons. The molecule has 2 unspecified atom stereocenters. The van der Waals surface area contributed by atoms with Crippen molar-refractivity contribution in [1.29, 1.82) is 21.0 Å². The first-order chi connectivity index (χ1) is 37.0. The van der Waals surface area contributed by atoms with Crippen LogP contribution in [-0.4, -0.2) is 0 Å². The van der Waals surface area contributed by atoms with Crippen molar-refractivity contribution < 1.29 is 37.1 Å². The van der Waals surface area contributed by atoms with Gasteiger partial charge in [0.2, 0.25) is 0 Å². The van der Waals surface area contributed by atoms with Gasteiger partial charge in [-0.1, -0.05) is 143 Å². The fourth-order valence-corrected chi connectivity index (χ4v) is 15.9. The Morgan fingerprint density at radius 2 is 0.679 bits per heavy atom. The van der Waals surface area contributed by atoms with Gasteiger partial charge in [-0.05, 0) is 110 Å². The van der Waals surface area contributed by atoms with Crippen LogP contribution in [0.4, 0.5) is 0 Å². The first kappa shape index (κ1) is 53.8. The third-order valence-electron chi connectivity index (χ3n) is 15.2. The van der Waals surface area contributed by atoms with E-state index in [1.165, 1.54) is 0 Å². The second-order valence-electron chi connectivity index (χ2n) is 20.5. The fraction of sp³-hybridized carbons (Fsp3) is 0.188. The molecule has 2 aliphatic heterocycles. The van der Waals surface area contributed by atoms with Crippen molar-refractivity contribution in [2.75, 3.05) is 0 Å². The molecule has 0 N–H and O–H groups in total. The predicted molar refractivity (Wildman–Crippen MR) is 301 cm³/mol. The molecule has 78 heavy (non-hydrogen) atoms. The summed E-state index contributed by atoms with van der Waals surface area (Å²) < 4.78 is 66.4. The molecule has 2 atom stereocenters. The zero-order chi connectivity index (χ0) is 54.3. The van der Waals surface area contributed by atoms with Crippen LogP contribution in [0.1, 0.15) is 93.5 Å². The Morgan fingerprint density at radius 3 is 1.01 bits per heavy atom. The zero-order valence-corrected chi connectivity index (χ0v) is 44.8. The van der Waals surface area contributed by atoms with Gasteiger partial charge in [0.05, 0.1) is 20.9 Å². The SMILES string of the molecule is C.CC(C)(c1ccc(OC#N)c(Cc2cc(C(C)(C)P3(=O)Oc4ccccc4-c4ccccc43)ccc2OC#N)c1)c1ccc(OC#N)c(Cc2cc(C(C)(C)P3(=O)Oc4ccccc4-c4ccccc43)ccc2OC#N)c1. The Balaban J connectivity index is 0.00000740. The van der Waals surface area contributed by atoms with Gasteiger partial charge in [0.15, 0.2) is 0 Å². The van der Waals surface area contributed by atoms with Crippen LogP contribution in [0.2, 0.25) is 0 Å². The zero-order valence-electron chi connectivity index (χ0n) is 43.0. The minimum Gasteiger partial charge on any atom is -0.439 e. The van der Waals surface area contributed by atoms with Crippen molar-refractivity contribution in [2.24, 2.45) is 0 Å². The summed E-state index contributed by atoms with van der Waals surface area (Å²) in [5.41, 5.74) is 7.96. The second-order valence-corrected chi connectivity index (χ2v) is 26.2. The molecule has 10 rings (SSSR count). The van der Waals surface area contributed by atoms with Crippen molar-refractivity contribution in [3.63, 3.8) is 0 Å². The molecular formula is C64H54N4O8P2. The summed E-state index contributed by atoms with van der Waals surface area (Å²) in [6.07, 6.45) is 7.51. The first-order valence-electron chi connectivity index (χ1n) is 24.7. The van der Waals surface area contributed by atoms with E-state index in [1.54, 1.807) is 48.9 Å². The van der Waals surface area contributed by atoms with E-state index in [2.05, 4.69) is 0 Å². The average molecular weight is 1070 g/mol. The van der Waals surface area contributed by atoms with Gasteiger partial charge in [-0.2, -0.15) is 0 Å². The summed E-state index contributed by atoms with van der Waals surface area (Å²) in [5.74, 6) is 2.17. The maximum absolute atomic E-state index is 15.6. The van der Waals surface area contributed by atoms with Crippen molar-refractivity contribution in [2.45, 2.75) is 77.5 Å².